The van der Waals surface area contributed by atoms with E-state index in [4.69, 9.17) is 0 Å². The van der Waals surface area contributed by atoms with Crippen molar-refractivity contribution in [2.24, 2.45) is 56.7 Å². The second kappa shape index (κ2) is 10.4. The van der Waals surface area contributed by atoms with E-state index in [9.17, 15) is 27.7 Å². The molecule has 0 aliphatic heterocycles. The molecule has 5 fully saturated rings. The topological polar surface area (TPSA) is 121 Å². The van der Waals surface area contributed by atoms with Crippen LogP contribution in [-0.4, -0.2) is 42.9 Å². The number of hydrogen-bond acceptors (Lipinski definition) is 7. The van der Waals surface area contributed by atoms with Crippen LogP contribution in [0.4, 0.5) is 0 Å². The standard InChI is InChI=1S/C30H48O7S.Na/c1-19(2)14-21(32)15-20(3)22-8-10-27(5)23-6-7-24-28(17-31,18-37-38(34,35)36)25(33)9-11-29(24)16-30(23,29)13-12-26(22,27)4;/h19-20,22-24,31H,6-18H2,1-5H3,(H,34,35,36);/q;+1/p-1/t20-,22-,23-,24+,26-,27+,28+,29-,30+;/m1./s1. The van der Waals surface area contributed by atoms with E-state index in [-0.39, 0.29) is 62.9 Å². The molecule has 9 heteroatoms. The van der Waals surface area contributed by atoms with E-state index >= 15 is 0 Å². The maximum absolute atomic E-state index is 13.2. The number of carbonyl (C=O) groups excluding carboxylic acids is 2. The van der Waals surface area contributed by atoms with Gasteiger partial charge in [-0.15, -0.1) is 0 Å². The smallest absolute Gasteiger partial charge is 0.726 e. The van der Waals surface area contributed by atoms with Gasteiger partial charge in [0.05, 0.1) is 18.6 Å². The molecule has 0 heterocycles. The number of aliphatic hydroxyl groups is 1. The second-order valence-electron chi connectivity index (χ2n) is 14.9. The number of aliphatic hydroxyl groups excluding tert-OH is 1. The van der Waals surface area contributed by atoms with Crippen LogP contribution in [0.5, 0.6) is 0 Å². The van der Waals surface area contributed by atoms with E-state index in [2.05, 4.69) is 38.8 Å². The molecule has 0 saturated heterocycles. The Balaban J connectivity index is 0.00000353. The van der Waals surface area contributed by atoms with Crippen LogP contribution < -0.4 is 29.6 Å². The Hall–Kier alpha value is 0.170. The van der Waals surface area contributed by atoms with E-state index in [1.54, 1.807) is 0 Å². The monoisotopic (exact) mass is 574 g/mol. The molecule has 216 valence electrons. The number of ketones is 2. The SMILES string of the molecule is CC(C)CC(=O)C[C@@H](C)[C@H]1CC[C@@]2(C)[C@H]3CC[C@H]4[C@](CO)(COS(=O)(=O)[O-])C(=O)CC[C@@]45C[C@@]35CC[C@]12C.[Na+]. The molecule has 2 spiro atoms. The van der Waals surface area contributed by atoms with Crippen LogP contribution in [0, 0.1) is 56.7 Å². The summed E-state index contributed by atoms with van der Waals surface area (Å²) in [5.41, 5.74) is -0.986. The van der Waals surface area contributed by atoms with Crippen LogP contribution in [0.25, 0.3) is 0 Å². The third-order valence-electron chi connectivity index (χ3n) is 13.2. The molecule has 1 N–H and O–H groups in total. The third kappa shape index (κ3) is 4.60. The second-order valence-corrected chi connectivity index (χ2v) is 15.9. The first-order valence-electron chi connectivity index (χ1n) is 14.9. The Morgan fingerprint density at radius 1 is 1.00 bits per heavy atom. The van der Waals surface area contributed by atoms with Crippen LogP contribution in [0.15, 0.2) is 0 Å². The molecule has 5 aliphatic carbocycles. The maximum atomic E-state index is 13.2. The minimum absolute atomic E-state index is 0. The van der Waals surface area contributed by atoms with Crippen molar-refractivity contribution in [2.45, 2.75) is 105 Å². The molecule has 5 rings (SSSR count). The summed E-state index contributed by atoms with van der Waals surface area (Å²) in [5.74, 6) is 1.86. The number of hydrogen-bond donors (Lipinski definition) is 1. The molecule has 0 unspecified atom stereocenters. The number of fused-ring (bicyclic) bond motifs is 2. The Morgan fingerprint density at radius 2 is 1.64 bits per heavy atom. The molecular formula is C30H47NaO7S. The zero-order valence-electron chi connectivity index (χ0n) is 24.9. The van der Waals surface area contributed by atoms with Crippen LogP contribution >= 0.6 is 0 Å². The van der Waals surface area contributed by atoms with Crippen LogP contribution in [-0.2, 0) is 24.2 Å². The average molecular weight is 575 g/mol. The van der Waals surface area contributed by atoms with Crippen molar-refractivity contribution in [1.29, 1.82) is 0 Å². The van der Waals surface area contributed by atoms with Gasteiger partial charge in [-0.25, -0.2) is 8.42 Å². The molecule has 5 saturated carbocycles. The maximum Gasteiger partial charge on any atom is 1.00 e. The molecule has 0 aromatic heterocycles. The van der Waals surface area contributed by atoms with Gasteiger partial charge in [-0.3, -0.25) is 13.8 Å². The number of carbonyl (C=O) groups is 2. The molecule has 7 nitrogen and oxygen atoms in total. The summed E-state index contributed by atoms with van der Waals surface area (Å²) in [5, 5.41) is 10.5. The summed E-state index contributed by atoms with van der Waals surface area (Å²) >= 11 is 0. The number of Topliss-reactive ketones (excluding diaryl/α,β-unsaturated/α-hetero) is 2. The van der Waals surface area contributed by atoms with E-state index in [0.717, 1.165) is 51.4 Å². The van der Waals surface area contributed by atoms with Gasteiger partial charge >= 0.3 is 29.6 Å². The Morgan fingerprint density at radius 3 is 2.26 bits per heavy atom. The van der Waals surface area contributed by atoms with Gasteiger partial charge in [0, 0.05) is 19.3 Å². The molecule has 0 aromatic rings. The van der Waals surface area contributed by atoms with Crippen molar-refractivity contribution >= 4 is 22.0 Å². The minimum Gasteiger partial charge on any atom is -0.726 e. The summed E-state index contributed by atoms with van der Waals surface area (Å²) in [6.07, 6.45) is 9.63. The average Bonchev–Trinajstić information content (AvgIpc) is 3.40. The Bertz CT molecular complexity index is 1110. The Labute approximate surface area is 257 Å². The van der Waals surface area contributed by atoms with E-state index in [1.165, 1.54) is 0 Å². The summed E-state index contributed by atoms with van der Waals surface area (Å²) < 4.78 is 38.7. The van der Waals surface area contributed by atoms with Crippen molar-refractivity contribution in [3.05, 3.63) is 0 Å². The molecule has 0 radical (unpaired) electrons. The van der Waals surface area contributed by atoms with Crippen LogP contribution in [0.3, 0.4) is 0 Å². The summed E-state index contributed by atoms with van der Waals surface area (Å²) in [6, 6.07) is 0. The summed E-state index contributed by atoms with van der Waals surface area (Å²) in [4.78, 5) is 26.0. The molecule has 9 atom stereocenters. The fourth-order valence-corrected chi connectivity index (χ4v) is 11.8. The van der Waals surface area contributed by atoms with E-state index in [1.807, 2.05) is 0 Å². The van der Waals surface area contributed by atoms with Gasteiger partial charge in [-0.05, 0) is 103 Å². The van der Waals surface area contributed by atoms with Crippen LogP contribution in [0.1, 0.15) is 105 Å². The fraction of sp³-hybridized carbons (Fsp3) is 0.933. The Kier molecular flexibility index (Phi) is 8.57. The van der Waals surface area contributed by atoms with Crippen LogP contribution in [0.2, 0.25) is 0 Å². The van der Waals surface area contributed by atoms with Gasteiger partial charge in [0.25, 0.3) is 0 Å². The molecular weight excluding hydrogens is 527 g/mol. The molecule has 0 amide bonds. The van der Waals surface area contributed by atoms with Gasteiger partial charge in [0.2, 0.25) is 10.4 Å². The van der Waals surface area contributed by atoms with E-state index < -0.39 is 29.0 Å². The largest absolute Gasteiger partial charge is 1.00 e. The van der Waals surface area contributed by atoms with Gasteiger partial charge in [0.15, 0.2) is 0 Å². The van der Waals surface area contributed by atoms with Crippen molar-refractivity contribution < 1.29 is 61.4 Å². The van der Waals surface area contributed by atoms with Crippen molar-refractivity contribution in [3.8, 4) is 0 Å². The van der Waals surface area contributed by atoms with Gasteiger partial charge in [0.1, 0.15) is 11.6 Å². The molecule has 5 aliphatic rings. The molecule has 39 heavy (non-hydrogen) atoms. The molecule has 0 aromatic carbocycles. The minimum atomic E-state index is -4.96. The predicted octanol–water partition coefficient (Wildman–Crippen LogP) is 2.07. The fourth-order valence-electron chi connectivity index (χ4n) is 11.4. The summed E-state index contributed by atoms with van der Waals surface area (Å²) in [6.45, 7) is 10.5. The number of rotatable bonds is 9. The van der Waals surface area contributed by atoms with Gasteiger partial charge in [-0.1, -0.05) is 34.6 Å². The zero-order chi connectivity index (χ0) is 27.9. The van der Waals surface area contributed by atoms with Crippen molar-refractivity contribution in [1.82, 2.24) is 0 Å². The van der Waals surface area contributed by atoms with Crippen molar-refractivity contribution in [3.63, 3.8) is 0 Å². The quantitative estimate of drug-likeness (QED) is 0.254. The third-order valence-corrected chi connectivity index (χ3v) is 13.6. The van der Waals surface area contributed by atoms with Gasteiger partial charge in [-0.2, -0.15) is 0 Å². The van der Waals surface area contributed by atoms with Crippen molar-refractivity contribution in [2.75, 3.05) is 13.2 Å². The normalized spacial score (nSPS) is 45.4. The first-order chi connectivity index (χ1) is 17.6. The summed E-state index contributed by atoms with van der Waals surface area (Å²) in [7, 11) is -4.96. The van der Waals surface area contributed by atoms with E-state index in [0.29, 0.717) is 48.7 Å². The zero-order valence-corrected chi connectivity index (χ0v) is 27.7. The predicted molar refractivity (Wildman–Crippen MR) is 142 cm³/mol. The first-order valence-corrected chi connectivity index (χ1v) is 16.2. The molecule has 0 bridgehead atoms. The van der Waals surface area contributed by atoms with Gasteiger partial charge < -0.3 is 9.66 Å². The first kappa shape index (κ1) is 32.1.